The van der Waals surface area contributed by atoms with Crippen molar-refractivity contribution in [3.63, 3.8) is 0 Å². The highest BCUT2D eigenvalue weighted by Gasteiger charge is 2.58. The molecule has 11 heteroatoms. The van der Waals surface area contributed by atoms with Gasteiger partial charge in [-0.1, -0.05) is 6.07 Å². The van der Waals surface area contributed by atoms with Gasteiger partial charge in [0, 0.05) is 28.5 Å². The van der Waals surface area contributed by atoms with Crippen LogP contribution in [0.3, 0.4) is 0 Å². The van der Waals surface area contributed by atoms with Crippen LogP contribution in [0.2, 0.25) is 0 Å². The number of halogens is 3. The van der Waals surface area contributed by atoms with E-state index in [1.165, 1.54) is 49.1 Å². The molecule has 0 saturated heterocycles. The van der Waals surface area contributed by atoms with Crippen LogP contribution in [-0.4, -0.2) is 21.5 Å². The first-order valence-corrected chi connectivity index (χ1v) is 13.0. The summed E-state index contributed by atoms with van der Waals surface area (Å²) < 4.78 is 62.0. The summed E-state index contributed by atoms with van der Waals surface area (Å²) in [5.41, 5.74) is 1.03. The summed E-state index contributed by atoms with van der Waals surface area (Å²) in [6.45, 7) is 1.59. The van der Waals surface area contributed by atoms with Crippen LogP contribution in [0, 0.1) is 22.1 Å². The van der Waals surface area contributed by atoms with E-state index in [1.54, 1.807) is 19.1 Å². The number of hydrogen-bond acceptors (Lipinski definition) is 4. The van der Waals surface area contributed by atoms with Crippen molar-refractivity contribution in [2.45, 2.75) is 24.5 Å². The third-order valence-electron chi connectivity index (χ3n) is 5.78. The zero-order valence-corrected chi connectivity index (χ0v) is 21.5. The summed E-state index contributed by atoms with van der Waals surface area (Å²) in [5, 5.41) is 2.24. The van der Waals surface area contributed by atoms with Crippen LogP contribution in [0.5, 0.6) is 5.75 Å². The van der Waals surface area contributed by atoms with Gasteiger partial charge in [0.2, 0.25) is 0 Å². The number of rotatable bonds is 7. The van der Waals surface area contributed by atoms with E-state index in [0.29, 0.717) is 21.1 Å². The van der Waals surface area contributed by atoms with Crippen molar-refractivity contribution in [1.29, 1.82) is 0 Å². The third-order valence-corrected chi connectivity index (χ3v) is 8.30. The maximum absolute atomic E-state index is 14.5. The Morgan fingerprint density at radius 2 is 1.88 bits per heavy atom. The summed E-state index contributed by atoms with van der Waals surface area (Å²) in [7, 11) is -0.775. The molecule has 3 atom stereocenters. The van der Waals surface area contributed by atoms with Crippen molar-refractivity contribution in [1.82, 2.24) is 4.57 Å². The largest absolute Gasteiger partial charge is 0.494 e. The van der Waals surface area contributed by atoms with Gasteiger partial charge < -0.3 is 10.1 Å². The van der Waals surface area contributed by atoms with Crippen LogP contribution in [-0.2, 0) is 21.7 Å². The van der Waals surface area contributed by atoms with Gasteiger partial charge in [-0.3, -0.25) is 9.36 Å². The first kappa shape index (κ1) is 24.6. The maximum atomic E-state index is 14.5. The van der Waals surface area contributed by atoms with Crippen molar-refractivity contribution in [2.24, 2.45) is 7.05 Å². The van der Waals surface area contributed by atoms with Gasteiger partial charge in [-0.2, -0.15) is 9.27 Å². The molecule has 3 aromatic rings. The summed E-state index contributed by atoms with van der Waals surface area (Å²) in [4.78, 5) is 12.5. The lowest BCUT2D eigenvalue weighted by molar-refractivity contribution is 0.386. The van der Waals surface area contributed by atoms with E-state index < -0.39 is 27.3 Å². The molecule has 1 fully saturated rings. The molecular formula is C23H23F2IN3O4S+. The fraction of sp³-hybridized carbons (Fsp3) is 0.261. The zero-order chi connectivity index (χ0) is 24.8. The van der Waals surface area contributed by atoms with Gasteiger partial charge in [0.15, 0.2) is 16.8 Å². The lowest BCUT2D eigenvalue weighted by Crippen LogP contribution is -2.29. The molecule has 2 aromatic carbocycles. The first-order valence-electron chi connectivity index (χ1n) is 10.3. The Hall–Kier alpha value is -2.51. The molecule has 1 heterocycles. The molecule has 1 aromatic heterocycles. The Labute approximate surface area is 210 Å². The second-order valence-corrected chi connectivity index (χ2v) is 11.3. The van der Waals surface area contributed by atoms with E-state index in [4.69, 9.17) is 4.74 Å². The lowest BCUT2D eigenvalue weighted by Gasteiger charge is -2.18. The molecule has 180 valence electrons. The van der Waals surface area contributed by atoms with Gasteiger partial charge in [-0.25, -0.2) is 8.78 Å². The van der Waals surface area contributed by atoms with E-state index in [1.807, 2.05) is 22.6 Å². The van der Waals surface area contributed by atoms with E-state index in [-0.39, 0.29) is 34.4 Å². The Kier molecular flexibility index (Phi) is 6.71. The molecule has 7 nitrogen and oxygen atoms in total. The van der Waals surface area contributed by atoms with Crippen LogP contribution < -0.4 is 20.3 Å². The highest BCUT2D eigenvalue weighted by atomic mass is 127. The average Bonchev–Trinajstić information content (AvgIpc) is 3.58. The molecule has 1 saturated carbocycles. The van der Waals surface area contributed by atoms with Crippen molar-refractivity contribution in [2.75, 3.05) is 17.1 Å². The number of aromatic nitrogens is 1. The molecule has 3 unspecified atom stereocenters. The quantitative estimate of drug-likeness (QED) is 0.256. The highest BCUT2D eigenvalue weighted by molar-refractivity contribution is 14.1. The number of ether oxygens (including phenoxy) is 1. The molecule has 1 aliphatic rings. The second-order valence-electron chi connectivity index (χ2n) is 8.15. The molecular weight excluding hydrogens is 579 g/mol. The van der Waals surface area contributed by atoms with Crippen LogP contribution in [0.1, 0.15) is 23.5 Å². The molecule has 0 amide bonds. The van der Waals surface area contributed by atoms with Gasteiger partial charge in [0.1, 0.15) is 17.3 Å². The smallest absolute Gasteiger partial charge is 0.314 e. The molecule has 0 aliphatic heterocycles. The summed E-state index contributed by atoms with van der Waals surface area (Å²) in [5.74, 6) is -1.08. The van der Waals surface area contributed by atoms with E-state index in [9.17, 15) is 22.3 Å². The number of benzene rings is 2. The van der Waals surface area contributed by atoms with Crippen LogP contribution in [0.4, 0.5) is 26.0 Å². The fourth-order valence-electron chi connectivity index (χ4n) is 3.86. The van der Waals surface area contributed by atoms with Crippen molar-refractivity contribution >= 4 is 50.2 Å². The number of pyridine rings is 1. The van der Waals surface area contributed by atoms with E-state index in [0.717, 1.165) is 0 Å². The molecule has 0 spiro atoms. The Morgan fingerprint density at radius 1 is 1.15 bits per heavy atom. The Balaban J connectivity index is 1.64. The minimum absolute atomic E-state index is 0.0697. The number of aryl methyl sites for hydroxylation is 1. The van der Waals surface area contributed by atoms with Gasteiger partial charge in [-0.15, -0.1) is 0 Å². The second kappa shape index (κ2) is 9.27. The number of methoxy groups -OCH3 is 1. The molecule has 0 radical (unpaired) electrons. The monoisotopic (exact) mass is 602 g/mol. The minimum Gasteiger partial charge on any atom is -0.494 e. The Bertz CT molecular complexity index is 1380. The standard InChI is InChI=1S/C23H22F2IN3O4S/c1-12-8-19(22(29(2)23(12)30)27-18-7-5-14(26)10-17(18)25)28-34(31,32)21-11-15(21)13-4-6-16(24)20(9-13)33-3/h4-10,15,21H,11H2,1-3H3,(H2-,27,28,30,31,32)/p+1. The number of hydrogen-bond donors (Lipinski definition) is 3. The number of anilines is 3. The molecule has 34 heavy (non-hydrogen) atoms. The Morgan fingerprint density at radius 3 is 2.56 bits per heavy atom. The average molecular weight is 602 g/mol. The van der Waals surface area contributed by atoms with Gasteiger partial charge in [0.25, 0.3) is 5.56 Å². The summed E-state index contributed by atoms with van der Waals surface area (Å²) in [6.07, 6.45) is 0.413. The normalized spacial score (nSPS) is 18.8. The maximum Gasteiger partial charge on any atom is 0.314 e. The SMILES string of the molecule is COc1cc(C2CC2[S+](=O)(O)Nc2cc(C)c(=O)n(C)c2Nc2ccc(I)cc2F)ccc1F. The zero-order valence-electron chi connectivity index (χ0n) is 18.6. The molecule has 0 bridgehead atoms. The van der Waals surface area contributed by atoms with E-state index >= 15 is 0 Å². The van der Waals surface area contributed by atoms with Crippen molar-refractivity contribution in [3.05, 3.63) is 79.1 Å². The van der Waals surface area contributed by atoms with Gasteiger partial charge >= 0.3 is 10.4 Å². The predicted octanol–water partition coefficient (Wildman–Crippen LogP) is 5.18. The number of nitrogens with zero attached hydrogens (tertiary/aromatic N) is 1. The highest BCUT2D eigenvalue weighted by Crippen LogP contribution is 2.49. The van der Waals surface area contributed by atoms with Crippen molar-refractivity contribution < 1.29 is 22.3 Å². The van der Waals surface area contributed by atoms with Gasteiger partial charge in [0.05, 0.1) is 12.8 Å². The van der Waals surface area contributed by atoms with Crippen LogP contribution >= 0.6 is 22.6 Å². The summed E-state index contributed by atoms with van der Waals surface area (Å²) in [6, 6.07) is 10.4. The first-order chi connectivity index (χ1) is 16.0. The van der Waals surface area contributed by atoms with E-state index in [2.05, 4.69) is 10.0 Å². The lowest BCUT2D eigenvalue weighted by atomic mass is 10.1. The molecule has 4 rings (SSSR count). The minimum atomic E-state index is -3.63. The molecule has 3 N–H and O–H groups in total. The topological polar surface area (TPSA) is 92.6 Å². The third kappa shape index (κ3) is 4.82. The van der Waals surface area contributed by atoms with Crippen LogP contribution in [0.15, 0.2) is 47.3 Å². The van der Waals surface area contributed by atoms with Crippen LogP contribution in [0.25, 0.3) is 0 Å². The predicted molar refractivity (Wildman–Crippen MR) is 137 cm³/mol. The summed E-state index contributed by atoms with van der Waals surface area (Å²) >= 11 is 1.99. The molecule has 1 aliphatic carbocycles. The fourth-order valence-corrected chi connectivity index (χ4v) is 6.00. The van der Waals surface area contributed by atoms with Gasteiger partial charge in [-0.05, 0) is 75.7 Å². The number of nitrogens with one attached hydrogen (secondary N) is 2. The van der Waals surface area contributed by atoms with Crippen molar-refractivity contribution in [3.8, 4) is 5.75 Å².